The van der Waals surface area contributed by atoms with E-state index in [1.54, 1.807) is 6.20 Å². The van der Waals surface area contributed by atoms with Crippen LogP contribution in [0.25, 0.3) is 0 Å². The fourth-order valence-corrected chi connectivity index (χ4v) is 2.01. The topological polar surface area (TPSA) is 54.4 Å². The van der Waals surface area contributed by atoms with Gasteiger partial charge in [0.1, 0.15) is 18.2 Å². The third-order valence-electron chi connectivity index (χ3n) is 2.97. The zero-order valence-corrected chi connectivity index (χ0v) is 11.7. The molecule has 0 unspecified atom stereocenters. The van der Waals surface area contributed by atoms with Gasteiger partial charge in [-0.25, -0.2) is 4.98 Å². The predicted octanol–water partition coefficient (Wildman–Crippen LogP) is 2.63. The van der Waals surface area contributed by atoms with Crippen molar-refractivity contribution in [2.24, 2.45) is 0 Å². The van der Waals surface area contributed by atoms with Gasteiger partial charge in [0, 0.05) is 24.9 Å². The molecule has 0 radical (unpaired) electrons. The highest BCUT2D eigenvalue weighted by Gasteiger charge is 2.06. The summed E-state index contributed by atoms with van der Waals surface area (Å²) in [6.45, 7) is 3.44. The second-order valence-electron chi connectivity index (χ2n) is 4.41. The summed E-state index contributed by atoms with van der Waals surface area (Å²) in [5.41, 5.74) is 2.04. The Bertz CT molecular complexity index is 494. The smallest absolute Gasteiger partial charge is 0.132 e. The number of para-hydroxylation sites is 1. The van der Waals surface area contributed by atoms with Crippen LogP contribution in [-0.4, -0.2) is 23.2 Å². The average Bonchev–Trinajstić information content (AvgIpc) is 2.48. The normalized spacial score (nSPS) is 10.3. The summed E-state index contributed by atoms with van der Waals surface area (Å²) in [5, 5.41) is 12.3. The molecule has 0 aliphatic rings. The van der Waals surface area contributed by atoms with Crippen LogP contribution in [0, 0.1) is 0 Å². The van der Waals surface area contributed by atoms with Crippen LogP contribution >= 0.6 is 0 Å². The Morgan fingerprint density at radius 1 is 1.15 bits per heavy atom. The van der Waals surface area contributed by atoms with Crippen LogP contribution in [0.3, 0.4) is 0 Å². The minimum atomic E-state index is 0.121. The van der Waals surface area contributed by atoms with Crippen molar-refractivity contribution in [2.75, 3.05) is 18.5 Å². The lowest BCUT2D eigenvalue weighted by atomic mass is 10.1. The number of pyridine rings is 1. The molecular weight excluding hydrogens is 252 g/mol. The highest BCUT2D eigenvalue weighted by atomic mass is 16.5. The zero-order chi connectivity index (χ0) is 14.2. The fraction of sp³-hybridized carbons (Fsp3) is 0.312. The van der Waals surface area contributed by atoms with Crippen LogP contribution in [0.2, 0.25) is 0 Å². The van der Waals surface area contributed by atoms with E-state index in [1.165, 1.54) is 0 Å². The molecule has 1 aromatic carbocycles. The molecule has 0 atom stereocenters. The van der Waals surface area contributed by atoms with E-state index in [1.807, 2.05) is 43.3 Å². The number of aliphatic hydroxyl groups is 1. The molecule has 1 aromatic heterocycles. The number of nitrogens with zero attached hydrogens (tertiary/aromatic N) is 1. The van der Waals surface area contributed by atoms with Crippen LogP contribution < -0.4 is 10.1 Å². The summed E-state index contributed by atoms with van der Waals surface area (Å²) >= 11 is 0. The minimum absolute atomic E-state index is 0.121. The third kappa shape index (κ3) is 3.71. The summed E-state index contributed by atoms with van der Waals surface area (Å²) in [5.74, 6) is 1.67. The Labute approximate surface area is 119 Å². The van der Waals surface area contributed by atoms with Crippen LogP contribution in [-0.2, 0) is 13.0 Å². The number of ether oxygens (including phenoxy) is 1. The lowest BCUT2D eigenvalue weighted by Gasteiger charge is -2.13. The Morgan fingerprint density at radius 2 is 1.95 bits per heavy atom. The largest absolute Gasteiger partial charge is 0.488 e. The van der Waals surface area contributed by atoms with Crippen molar-refractivity contribution in [3.8, 4) is 5.75 Å². The molecule has 20 heavy (non-hydrogen) atoms. The molecule has 0 aliphatic heterocycles. The molecule has 2 rings (SSSR count). The van der Waals surface area contributed by atoms with E-state index in [0.717, 1.165) is 29.2 Å². The van der Waals surface area contributed by atoms with Crippen LogP contribution in [0.4, 0.5) is 5.82 Å². The van der Waals surface area contributed by atoms with Gasteiger partial charge in [-0.05, 0) is 31.0 Å². The number of hydrogen-bond acceptors (Lipinski definition) is 4. The monoisotopic (exact) mass is 272 g/mol. The molecule has 2 aromatic rings. The molecule has 0 aliphatic carbocycles. The van der Waals surface area contributed by atoms with E-state index in [4.69, 9.17) is 9.84 Å². The number of nitrogens with one attached hydrogen (secondary N) is 1. The van der Waals surface area contributed by atoms with Gasteiger partial charge < -0.3 is 15.2 Å². The molecule has 106 valence electrons. The molecule has 1 heterocycles. The zero-order valence-electron chi connectivity index (χ0n) is 11.7. The van der Waals surface area contributed by atoms with E-state index >= 15 is 0 Å². The number of rotatable bonds is 7. The average molecular weight is 272 g/mol. The lowest BCUT2D eigenvalue weighted by Crippen LogP contribution is -2.06. The first-order chi connectivity index (χ1) is 9.85. The van der Waals surface area contributed by atoms with Gasteiger partial charge in [0.15, 0.2) is 0 Å². The fourth-order valence-electron chi connectivity index (χ4n) is 2.01. The number of hydrogen-bond donors (Lipinski definition) is 2. The van der Waals surface area contributed by atoms with Gasteiger partial charge in [0.25, 0.3) is 0 Å². The lowest BCUT2D eigenvalue weighted by molar-refractivity contribution is 0.284. The molecule has 2 N–H and O–H groups in total. The van der Waals surface area contributed by atoms with Gasteiger partial charge in [-0.3, -0.25) is 0 Å². The summed E-state index contributed by atoms with van der Waals surface area (Å²) in [6.07, 6.45) is 2.37. The number of aromatic nitrogens is 1. The first-order valence-electron chi connectivity index (χ1n) is 6.84. The number of anilines is 1. The maximum absolute atomic E-state index is 9.07. The molecule has 0 fully saturated rings. The van der Waals surface area contributed by atoms with E-state index in [2.05, 4.69) is 10.3 Å². The van der Waals surface area contributed by atoms with Crippen LogP contribution in [0.1, 0.15) is 18.1 Å². The van der Waals surface area contributed by atoms with Gasteiger partial charge in [0.05, 0.1) is 0 Å². The highest BCUT2D eigenvalue weighted by molar-refractivity contribution is 5.43. The third-order valence-corrected chi connectivity index (χ3v) is 2.97. The summed E-state index contributed by atoms with van der Waals surface area (Å²) < 4.78 is 5.87. The first kappa shape index (κ1) is 14.3. The Hall–Kier alpha value is -2.07. The summed E-state index contributed by atoms with van der Waals surface area (Å²) in [7, 11) is 0. The molecule has 4 nitrogen and oxygen atoms in total. The molecule has 0 saturated heterocycles. The van der Waals surface area contributed by atoms with Crippen LogP contribution in [0.5, 0.6) is 5.75 Å². The maximum Gasteiger partial charge on any atom is 0.132 e. The van der Waals surface area contributed by atoms with Crippen molar-refractivity contribution in [3.63, 3.8) is 0 Å². The Balaban J connectivity index is 2.09. The van der Waals surface area contributed by atoms with Crippen molar-refractivity contribution in [3.05, 3.63) is 53.7 Å². The van der Waals surface area contributed by atoms with Gasteiger partial charge in [0.2, 0.25) is 0 Å². The molecule has 0 saturated carbocycles. The molecular formula is C16H20N2O2. The summed E-state index contributed by atoms with van der Waals surface area (Å²) in [6, 6.07) is 11.7. The molecule has 0 bridgehead atoms. The summed E-state index contributed by atoms with van der Waals surface area (Å²) in [4.78, 5) is 4.31. The van der Waals surface area contributed by atoms with E-state index in [9.17, 15) is 0 Å². The molecule has 0 amide bonds. The van der Waals surface area contributed by atoms with Gasteiger partial charge in [-0.15, -0.1) is 0 Å². The van der Waals surface area contributed by atoms with Gasteiger partial charge >= 0.3 is 0 Å². The van der Waals surface area contributed by atoms with Crippen molar-refractivity contribution in [1.82, 2.24) is 4.98 Å². The first-order valence-corrected chi connectivity index (χ1v) is 6.84. The van der Waals surface area contributed by atoms with Crippen molar-refractivity contribution < 1.29 is 9.84 Å². The second kappa shape index (κ2) is 7.50. The van der Waals surface area contributed by atoms with E-state index < -0.39 is 0 Å². The number of benzene rings is 1. The van der Waals surface area contributed by atoms with Crippen molar-refractivity contribution >= 4 is 5.82 Å². The Morgan fingerprint density at radius 3 is 2.75 bits per heavy atom. The van der Waals surface area contributed by atoms with Crippen molar-refractivity contribution in [1.29, 1.82) is 0 Å². The van der Waals surface area contributed by atoms with Gasteiger partial charge in [-0.2, -0.15) is 0 Å². The maximum atomic E-state index is 9.07. The molecule has 0 spiro atoms. The standard InChI is InChI=1S/C16H20N2O2/c1-2-17-16-14(7-5-10-18-16)12-20-15-8-4-3-6-13(15)9-11-19/h3-8,10,19H,2,9,11-12H2,1H3,(H,17,18). The SMILES string of the molecule is CCNc1ncccc1COc1ccccc1CCO. The van der Waals surface area contributed by atoms with Crippen molar-refractivity contribution in [2.45, 2.75) is 20.0 Å². The second-order valence-corrected chi connectivity index (χ2v) is 4.41. The molecule has 4 heteroatoms. The minimum Gasteiger partial charge on any atom is -0.488 e. The van der Waals surface area contributed by atoms with E-state index in [0.29, 0.717) is 13.0 Å². The quantitative estimate of drug-likeness (QED) is 0.813. The van der Waals surface area contributed by atoms with Crippen LogP contribution in [0.15, 0.2) is 42.6 Å². The predicted molar refractivity (Wildman–Crippen MR) is 80.0 cm³/mol. The van der Waals surface area contributed by atoms with E-state index in [-0.39, 0.29) is 6.61 Å². The number of aliphatic hydroxyl groups excluding tert-OH is 1. The Kier molecular flexibility index (Phi) is 5.38. The highest BCUT2D eigenvalue weighted by Crippen LogP contribution is 2.21. The van der Waals surface area contributed by atoms with Gasteiger partial charge in [-0.1, -0.05) is 24.3 Å².